The molecule has 2 aromatic rings. The first-order valence-electron chi connectivity index (χ1n) is 7.57. The van der Waals surface area contributed by atoms with E-state index in [1.165, 1.54) is 0 Å². The van der Waals surface area contributed by atoms with E-state index in [9.17, 15) is 4.79 Å². The molecule has 0 radical (unpaired) electrons. The van der Waals surface area contributed by atoms with Crippen LogP contribution in [0.3, 0.4) is 0 Å². The Morgan fingerprint density at radius 2 is 1.96 bits per heavy atom. The van der Waals surface area contributed by atoms with E-state index in [1.807, 2.05) is 56.3 Å². The van der Waals surface area contributed by atoms with E-state index in [2.05, 4.69) is 10.6 Å². The van der Waals surface area contributed by atoms with Gasteiger partial charge in [0.2, 0.25) is 0 Å². The minimum Gasteiger partial charge on any atom is -0.497 e. The Morgan fingerprint density at radius 1 is 1.17 bits per heavy atom. The summed E-state index contributed by atoms with van der Waals surface area (Å²) in [4.78, 5) is 12.2. The first kappa shape index (κ1) is 16.7. The number of anilines is 1. The minimum absolute atomic E-state index is 0.149. The van der Waals surface area contributed by atoms with Crippen molar-refractivity contribution in [1.29, 1.82) is 0 Å². The second-order valence-corrected chi connectivity index (χ2v) is 5.03. The van der Waals surface area contributed by atoms with Gasteiger partial charge in [-0.05, 0) is 43.7 Å². The summed E-state index contributed by atoms with van der Waals surface area (Å²) in [7, 11) is 1.62. The van der Waals surface area contributed by atoms with Gasteiger partial charge in [0.05, 0.1) is 25.4 Å². The van der Waals surface area contributed by atoms with Crippen molar-refractivity contribution in [3.05, 3.63) is 54.1 Å². The summed E-state index contributed by atoms with van der Waals surface area (Å²) in [6, 6.07) is 14.5. The van der Waals surface area contributed by atoms with Gasteiger partial charge in [0, 0.05) is 0 Å². The Hall–Kier alpha value is -2.69. The largest absolute Gasteiger partial charge is 0.497 e. The van der Waals surface area contributed by atoms with E-state index < -0.39 is 0 Å². The van der Waals surface area contributed by atoms with E-state index in [1.54, 1.807) is 13.2 Å². The van der Waals surface area contributed by atoms with Gasteiger partial charge < -0.3 is 20.1 Å². The molecular formula is C18H22N2O3. The lowest BCUT2D eigenvalue weighted by Crippen LogP contribution is -2.31. The van der Waals surface area contributed by atoms with Crippen molar-refractivity contribution in [1.82, 2.24) is 5.32 Å². The van der Waals surface area contributed by atoms with Crippen LogP contribution in [0, 0.1) is 0 Å². The van der Waals surface area contributed by atoms with Gasteiger partial charge in [-0.3, -0.25) is 0 Å². The van der Waals surface area contributed by atoms with Crippen molar-refractivity contribution in [2.45, 2.75) is 19.9 Å². The van der Waals surface area contributed by atoms with Crippen LogP contribution in [0.25, 0.3) is 0 Å². The van der Waals surface area contributed by atoms with Crippen molar-refractivity contribution >= 4 is 11.7 Å². The van der Waals surface area contributed by atoms with Gasteiger partial charge >= 0.3 is 6.03 Å². The molecule has 122 valence electrons. The third kappa shape index (κ3) is 4.64. The number of methoxy groups -OCH3 is 1. The zero-order chi connectivity index (χ0) is 16.7. The molecule has 1 atom stereocenters. The number of rotatable bonds is 6. The van der Waals surface area contributed by atoms with Gasteiger partial charge in [-0.25, -0.2) is 4.79 Å². The average molecular weight is 314 g/mol. The van der Waals surface area contributed by atoms with Gasteiger partial charge in [-0.15, -0.1) is 0 Å². The smallest absolute Gasteiger partial charge is 0.319 e. The average Bonchev–Trinajstić information content (AvgIpc) is 2.57. The van der Waals surface area contributed by atoms with Crippen LogP contribution in [0.4, 0.5) is 10.5 Å². The lowest BCUT2D eigenvalue weighted by Gasteiger charge is -2.17. The number of carbonyl (C=O) groups excluding carboxylic acids is 1. The molecule has 2 rings (SSSR count). The summed E-state index contributed by atoms with van der Waals surface area (Å²) >= 11 is 0. The maximum atomic E-state index is 12.2. The lowest BCUT2D eigenvalue weighted by atomic mass is 10.1. The molecule has 2 aromatic carbocycles. The number of urea groups is 1. The van der Waals surface area contributed by atoms with Gasteiger partial charge in [0.1, 0.15) is 11.5 Å². The van der Waals surface area contributed by atoms with Crippen molar-refractivity contribution in [3.8, 4) is 11.5 Å². The summed E-state index contributed by atoms with van der Waals surface area (Å²) in [5.41, 5.74) is 1.61. The Bertz CT molecular complexity index is 658. The number of hydrogen-bond acceptors (Lipinski definition) is 3. The van der Waals surface area contributed by atoms with Gasteiger partial charge in [-0.2, -0.15) is 0 Å². The molecule has 0 aliphatic rings. The molecule has 5 heteroatoms. The first-order chi connectivity index (χ1) is 11.1. The van der Waals surface area contributed by atoms with Gasteiger partial charge in [0.25, 0.3) is 0 Å². The highest BCUT2D eigenvalue weighted by atomic mass is 16.5. The number of para-hydroxylation sites is 2. The van der Waals surface area contributed by atoms with Crippen LogP contribution in [-0.4, -0.2) is 19.7 Å². The van der Waals surface area contributed by atoms with E-state index >= 15 is 0 Å². The van der Waals surface area contributed by atoms with Crippen LogP contribution < -0.4 is 20.1 Å². The maximum absolute atomic E-state index is 12.2. The summed E-state index contributed by atoms with van der Waals surface area (Å²) in [6.07, 6.45) is 0. The van der Waals surface area contributed by atoms with Crippen LogP contribution >= 0.6 is 0 Å². The molecule has 0 aromatic heterocycles. The summed E-state index contributed by atoms with van der Waals surface area (Å²) in [5, 5.41) is 5.72. The fraction of sp³-hybridized carbons (Fsp3) is 0.278. The monoisotopic (exact) mass is 314 g/mol. The normalized spacial score (nSPS) is 11.4. The number of benzene rings is 2. The second kappa shape index (κ2) is 8.08. The summed E-state index contributed by atoms with van der Waals surface area (Å²) in [5.74, 6) is 1.41. The van der Waals surface area contributed by atoms with Crippen LogP contribution in [0.15, 0.2) is 48.5 Å². The maximum Gasteiger partial charge on any atom is 0.319 e. The van der Waals surface area contributed by atoms with Crippen LogP contribution in [-0.2, 0) is 0 Å². The highest BCUT2D eigenvalue weighted by Crippen LogP contribution is 2.24. The molecule has 2 amide bonds. The van der Waals surface area contributed by atoms with Crippen molar-refractivity contribution in [2.24, 2.45) is 0 Å². The standard InChI is InChI=1S/C18H22N2O3/c1-4-23-17-11-6-5-10-16(17)20-18(21)19-13(2)14-8-7-9-15(12-14)22-3/h5-13H,4H2,1-3H3,(H2,19,20,21)/t13-/m0/s1. The van der Waals surface area contributed by atoms with Crippen LogP contribution in [0.5, 0.6) is 11.5 Å². The fourth-order valence-corrected chi connectivity index (χ4v) is 2.20. The Morgan fingerprint density at radius 3 is 2.70 bits per heavy atom. The van der Waals surface area contributed by atoms with Gasteiger partial charge in [0.15, 0.2) is 0 Å². The summed E-state index contributed by atoms with van der Waals surface area (Å²) in [6.45, 7) is 4.37. The third-order valence-corrected chi connectivity index (χ3v) is 3.38. The minimum atomic E-state index is -0.285. The number of amides is 2. The van der Waals surface area contributed by atoms with E-state index in [-0.39, 0.29) is 12.1 Å². The Balaban J connectivity index is 2.01. The highest BCUT2D eigenvalue weighted by molar-refractivity contribution is 5.91. The predicted octanol–water partition coefficient (Wildman–Crippen LogP) is 3.98. The third-order valence-electron chi connectivity index (χ3n) is 3.38. The fourth-order valence-electron chi connectivity index (χ4n) is 2.20. The Labute approximate surface area is 136 Å². The molecule has 0 saturated heterocycles. The topological polar surface area (TPSA) is 59.6 Å². The number of hydrogen-bond donors (Lipinski definition) is 2. The molecule has 23 heavy (non-hydrogen) atoms. The zero-order valence-corrected chi connectivity index (χ0v) is 13.6. The number of carbonyl (C=O) groups is 1. The molecule has 5 nitrogen and oxygen atoms in total. The van der Waals surface area contributed by atoms with E-state index in [0.29, 0.717) is 18.0 Å². The molecule has 0 unspecified atom stereocenters. The van der Waals surface area contributed by atoms with Crippen molar-refractivity contribution in [3.63, 3.8) is 0 Å². The van der Waals surface area contributed by atoms with E-state index in [4.69, 9.17) is 9.47 Å². The number of nitrogens with one attached hydrogen (secondary N) is 2. The Kier molecular flexibility index (Phi) is 5.86. The molecule has 0 aliphatic heterocycles. The molecule has 0 heterocycles. The molecular weight excluding hydrogens is 292 g/mol. The first-order valence-corrected chi connectivity index (χ1v) is 7.57. The van der Waals surface area contributed by atoms with E-state index in [0.717, 1.165) is 11.3 Å². The quantitative estimate of drug-likeness (QED) is 0.848. The molecule has 2 N–H and O–H groups in total. The van der Waals surface area contributed by atoms with Crippen molar-refractivity contribution in [2.75, 3.05) is 19.0 Å². The molecule has 0 spiro atoms. The zero-order valence-electron chi connectivity index (χ0n) is 13.6. The highest BCUT2D eigenvalue weighted by Gasteiger charge is 2.12. The predicted molar refractivity (Wildman–Crippen MR) is 91.2 cm³/mol. The lowest BCUT2D eigenvalue weighted by molar-refractivity contribution is 0.249. The molecule has 0 bridgehead atoms. The second-order valence-electron chi connectivity index (χ2n) is 5.03. The molecule has 0 fully saturated rings. The van der Waals surface area contributed by atoms with Gasteiger partial charge in [-0.1, -0.05) is 24.3 Å². The van der Waals surface area contributed by atoms with Crippen LogP contribution in [0.1, 0.15) is 25.5 Å². The van der Waals surface area contributed by atoms with Crippen molar-refractivity contribution < 1.29 is 14.3 Å². The molecule has 0 saturated carbocycles. The number of ether oxygens (including phenoxy) is 2. The summed E-state index contributed by atoms with van der Waals surface area (Å²) < 4.78 is 10.7. The SMILES string of the molecule is CCOc1ccccc1NC(=O)N[C@@H](C)c1cccc(OC)c1. The molecule has 0 aliphatic carbocycles. The van der Waals surface area contributed by atoms with Crippen LogP contribution in [0.2, 0.25) is 0 Å².